The molecule has 0 atom stereocenters. The molecule has 0 bridgehead atoms. The van der Waals surface area contributed by atoms with Gasteiger partial charge in [0.05, 0.1) is 0 Å². The Morgan fingerprint density at radius 1 is 1.47 bits per heavy atom. The van der Waals surface area contributed by atoms with Gasteiger partial charge in [0.25, 0.3) is 0 Å². The van der Waals surface area contributed by atoms with Gasteiger partial charge < -0.3 is 9.67 Å². The Bertz CT molecular complexity index is 587. The van der Waals surface area contributed by atoms with E-state index in [4.69, 9.17) is 0 Å². The molecule has 1 aromatic heterocycles. The van der Waals surface area contributed by atoms with Gasteiger partial charge in [0.1, 0.15) is 5.75 Å². The third-order valence-electron chi connectivity index (χ3n) is 3.15. The SMILES string of the molecule is Cc1c(CC[N+](=O)[O-])c2cc(O)ccc2n1C. The number of aromatic nitrogens is 1. The Balaban J connectivity index is 2.56. The lowest BCUT2D eigenvalue weighted by molar-refractivity contribution is -0.479. The third kappa shape index (κ3) is 1.95. The quantitative estimate of drug-likeness (QED) is 0.652. The average molecular weight is 234 g/mol. The van der Waals surface area contributed by atoms with E-state index in [-0.39, 0.29) is 17.2 Å². The minimum absolute atomic E-state index is 0.0877. The van der Waals surface area contributed by atoms with E-state index in [2.05, 4.69) is 0 Å². The molecular weight excluding hydrogens is 220 g/mol. The fourth-order valence-electron chi connectivity index (χ4n) is 2.15. The van der Waals surface area contributed by atoms with E-state index in [1.54, 1.807) is 12.1 Å². The molecule has 0 saturated carbocycles. The zero-order valence-electron chi connectivity index (χ0n) is 9.80. The summed E-state index contributed by atoms with van der Waals surface area (Å²) >= 11 is 0. The second kappa shape index (κ2) is 4.08. The van der Waals surface area contributed by atoms with Crippen molar-refractivity contribution < 1.29 is 10.0 Å². The van der Waals surface area contributed by atoms with Gasteiger partial charge in [-0.05, 0) is 30.7 Å². The summed E-state index contributed by atoms with van der Waals surface area (Å²) < 4.78 is 1.99. The fourth-order valence-corrected chi connectivity index (χ4v) is 2.15. The number of aryl methyl sites for hydroxylation is 1. The van der Waals surface area contributed by atoms with Crippen LogP contribution in [0.2, 0.25) is 0 Å². The highest BCUT2D eigenvalue weighted by Crippen LogP contribution is 2.28. The van der Waals surface area contributed by atoms with Gasteiger partial charge in [-0.25, -0.2) is 0 Å². The van der Waals surface area contributed by atoms with Gasteiger partial charge in [-0.15, -0.1) is 0 Å². The first-order valence-electron chi connectivity index (χ1n) is 5.39. The largest absolute Gasteiger partial charge is 0.508 e. The molecule has 1 heterocycles. The summed E-state index contributed by atoms with van der Waals surface area (Å²) in [5.74, 6) is 0.186. The summed E-state index contributed by atoms with van der Waals surface area (Å²) in [5, 5.41) is 20.8. The first-order valence-corrected chi connectivity index (χ1v) is 5.39. The number of aromatic hydroxyl groups is 1. The van der Waals surface area contributed by atoms with E-state index in [1.165, 1.54) is 0 Å². The molecule has 0 saturated heterocycles. The van der Waals surface area contributed by atoms with Crippen molar-refractivity contribution in [1.29, 1.82) is 0 Å². The second-order valence-corrected chi connectivity index (χ2v) is 4.13. The number of phenolic OH excluding ortho intramolecular Hbond substituents is 1. The molecule has 1 N–H and O–H groups in total. The van der Waals surface area contributed by atoms with Crippen molar-refractivity contribution in [3.63, 3.8) is 0 Å². The molecule has 1 aromatic carbocycles. The number of nitro groups is 1. The Labute approximate surface area is 98.4 Å². The highest BCUT2D eigenvalue weighted by Gasteiger charge is 2.14. The van der Waals surface area contributed by atoms with Gasteiger partial charge in [0, 0.05) is 35.0 Å². The maximum absolute atomic E-state index is 10.4. The number of nitrogens with zero attached hydrogens (tertiary/aromatic N) is 2. The topological polar surface area (TPSA) is 68.3 Å². The van der Waals surface area contributed by atoms with Crippen LogP contribution in [-0.4, -0.2) is 21.1 Å². The van der Waals surface area contributed by atoms with E-state index < -0.39 is 0 Å². The summed E-state index contributed by atoms with van der Waals surface area (Å²) in [6.07, 6.45) is 0.389. The van der Waals surface area contributed by atoms with Gasteiger partial charge >= 0.3 is 0 Å². The normalized spacial score (nSPS) is 10.9. The van der Waals surface area contributed by atoms with Crippen LogP contribution in [0.3, 0.4) is 0 Å². The highest BCUT2D eigenvalue weighted by molar-refractivity contribution is 5.86. The molecule has 0 amide bonds. The summed E-state index contributed by atoms with van der Waals surface area (Å²) in [5.41, 5.74) is 2.93. The van der Waals surface area contributed by atoms with Crippen LogP contribution in [0.4, 0.5) is 0 Å². The first kappa shape index (κ1) is 11.4. The van der Waals surface area contributed by atoms with Crippen LogP contribution in [0.1, 0.15) is 11.3 Å². The van der Waals surface area contributed by atoms with Crippen LogP contribution >= 0.6 is 0 Å². The standard InChI is InChI=1S/C12H14N2O3/c1-8-10(5-6-14(16)17)11-7-9(15)3-4-12(11)13(8)2/h3-4,7,15H,5-6H2,1-2H3. The van der Waals surface area contributed by atoms with Crippen molar-refractivity contribution in [3.05, 3.63) is 39.6 Å². The zero-order valence-corrected chi connectivity index (χ0v) is 9.80. The second-order valence-electron chi connectivity index (χ2n) is 4.13. The lowest BCUT2D eigenvalue weighted by atomic mass is 10.1. The molecule has 5 heteroatoms. The van der Waals surface area contributed by atoms with E-state index in [0.29, 0.717) is 6.42 Å². The number of benzene rings is 1. The average Bonchev–Trinajstić information content (AvgIpc) is 2.49. The van der Waals surface area contributed by atoms with Gasteiger partial charge in [0.15, 0.2) is 0 Å². The Morgan fingerprint density at radius 3 is 2.82 bits per heavy atom. The van der Waals surface area contributed by atoms with Gasteiger partial charge in [-0.3, -0.25) is 10.1 Å². The Kier molecular flexibility index (Phi) is 2.75. The zero-order chi connectivity index (χ0) is 12.6. The molecule has 0 aliphatic heterocycles. The predicted octanol–water partition coefficient (Wildman–Crippen LogP) is 2.01. The monoisotopic (exact) mass is 234 g/mol. The van der Waals surface area contributed by atoms with Crippen LogP contribution < -0.4 is 0 Å². The molecule has 2 aromatic rings. The molecule has 2 rings (SSSR count). The summed E-state index contributed by atoms with van der Waals surface area (Å²) in [4.78, 5) is 10.1. The summed E-state index contributed by atoms with van der Waals surface area (Å²) in [6.45, 7) is 1.85. The number of hydrogen-bond acceptors (Lipinski definition) is 3. The van der Waals surface area contributed by atoms with Gasteiger partial charge in [0.2, 0.25) is 6.54 Å². The predicted molar refractivity (Wildman–Crippen MR) is 64.9 cm³/mol. The van der Waals surface area contributed by atoms with E-state index in [1.807, 2.05) is 24.6 Å². The van der Waals surface area contributed by atoms with Crippen LogP contribution in [0.5, 0.6) is 5.75 Å². The maximum atomic E-state index is 10.4. The van der Waals surface area contributed by atoms with Crippen molar-refractivity contribution in [1.82, 2.24) is 4.57 Å². The van der Waals surface area contributed by atoms with Crippen molar-refractivity contribution in [2.24, 2.45) is 7.05 Å². The lowest BCUT2D eigenvalue weighted by Gasteiger charge is -1.99. The molecule has 90 valence electrons. The number of phenols is 1. The fraction of sp³-hybridized carbons (Fsp3) is 0.333. The minimum atomic E-state index is -0.318. The van der Waals surface area contributed by atoms with E-state index in [9.17, 15) is 15.2 Å². The smallest absolute Gasteiger partial charge is 0.207 e. The van der Waals surface area contributed by atoms with Crippen molar-refractivity contribution in [2.45, 2.75) is 13.3 Å². The molecular formula is C12H14N2O3. The van der Waals surface area contributed by atoms with Gasteiger partial charge in [-0.2, -0.15) is 0 Å². The molecule has 0 aliphatic rings. The summed E-state index contributed by atoms with van der Waals surface area (Å²) in [6, 6.07) is 5.12. The van der Waals surface area contributed by atoms with Crippen LogP contribution in [-0.2, 0) is 13.5 Å². The van der Waals surface area contributed by atoms with Crippen molar-refractivity contribution >= 4 is 10.9 Å². The molecule has 0 aliphatic carbocycles. The minimum Gasteiger partial charge on any atom is -0.508 e. The first-order chi connectivity index (χ1) is 8.00. The molecule has 0 unspecified atom stereocenters. The number of rotatable bonds is 3. The molecule has 0 fully saturated rings. The molecule has 0 spiro atoms. The number of hydrogen-bond donors (Lipinski definition) is 1. The molecule has 0 radical (unpaired) electrons. The maximum Gasteiger partial charge on any atom is 0.207 e. The Hall–Kier alpha value is -2.04. The molecule has 5 nitrogen and oxygen atoms in total. The third-order valence-corrected chi connectivity index (χ3v) is 3.15. The van der Waals surface area contributed by atoms with Crippen molar-refractivity contribution in [3.8, 4) is 5.75 Å². The summed E-state index contributed by atoms with van der Waals surface area (Å²) in [7, 11) is 1.92. The highest BCUT2D eigenvalue weighted by atomic mass is 16.6. The molecule has 17 heavy (non-hydrogen) atoms. The number of fused-ring (bicyclic) bond motifs is 1. The van der Waals surface area contributed by atoms with Gasteiger partial charge in [-0.1, -0.05) is 0 Å². The Morgan fingerprint density at radius 2 is 2.18 bits per heavy atom. The lowest BCUT2D eigenvalue weighted by Crippen LogP contribution is -2.05. The van der Waals surface area contributed by atoms with E-state index >= 15 is 0 Å². The van der Waals surface area contributed by atoms with Crippen molar-refractivity contribution in [2.75, 3.05) is 6.54 Å². The van der Waals surface area contributed by atoms with E-state index in [0.717, 1.165) is 22.2 Å². The van der Waals surface area contributed by atoms with Crippen LogP contribution in [0.25, 0.3) is 10.9 Å². The van der Waals surface area contributed by atoms with Crippen LogP contribution in [0, 0.1) is 17.0 Å². The van der Waals surface area contributed by atoms with Crippen LogP contribution in [0.15, 0.2) is 18.2 Å².